The van der Waals surface area contributed by atoms with Crippen molar-refractivity contribution in [1.29, 1.82) is 0 Å². The van der Waals surface area contributed by atoms with Crippen molar-refractivity contribution in [2.24, 2.45) is 11.8 Å². The first-order valence-corrected chi connectivity index (χ1v) is 20.1. The number of hydrogen-bond donors (Lipinski definition) is 0. The Bertz CT molecular complexity index is 2230. The van der Waals surface area contributed by atoms with Crippen LogP contribution in [0.1, 0.15) is 76.6 Å². The highest BCUT2D eigenvalue weighted by Gasteiger charge is 2.54. The molecule has 0 N–H and O–H groups in total. The molecule has 254 valence electrons. The lowest BCUT2D eigenvalue weighted by Crippen LogP contribution is -2.41. The first-order chi connectivity index (χ1) is 24.5. The van der Waals surface area contributed by atoms with Crippen molar-refractivity contribution in [3.05, 3.63) is 155 Å². The van der Waals surface area contributed by atoms with Crippen LogP contribution in [0.4, 0.5) is 0 Å². The maximum absolute atomic E-state index is 8.35. The molecule has 0 heterocycles. The van der Waals surface area contributed by atoms with E-state index in [0.717, 1.165) is 12.8 Å². The highest BCUT2D eigenvalue weighted by atomic mass is 35.5. The lowest BCUT2D eigenvalue weighted by Gasteiger charge is -2.37. The molecule has 2 aliphatic rings. The normalized spacial score (nSPS) is 20.0. The number of hydrogen-bond acceptors (Lipinski definition) is 0. The summed E-state index contributed by atoms with van der Waals surface area (Å²) < 4.78 is -1.49. The first kappa shape index (κ1) is 34.2. The van der Waals surface area contributed by atoms with Gasteiger partial charge >= 0.3 is 0 Å². The van der Waals surface area contributed by atoms with Gasteiger partial charge in [-0.2, -0.15) is 0 Å². The molecule has 2 atom stereocenters. The van der Waals surface area contributed by atoms with E-state index in [2.05, 4.69) is 163 Å². The first-order valence-electron chi connectivity index (χ1n) is 18.3. The van der Waals surface area contributed by atoms with E-state index in [1.165, 1.54) is 88.3 Å². The van der Waals surface area contributed by atoms with Gasteiger partial charge in [0.05, 0.1) is 8.99 Å². The van der Waals surface area contributed by atoms with Gasteiger partial charge in [0.2, 0.25) is 0 Å². The summed E-state index contributed by atoms with van der Waals surface area (Å²) in [5.41, 5.74) is 15.2. The van der Waals surface area contributed by atoms with E-state index in [1.54, 1.807) is 0 Å². The predicted molar refractivity (Wildman–Crippen MR) is 224 cm³/mol. The Kier molecular flexibility index (Phi) is 8.69. The second kappa shape index (κ2) is 13.0. The van der Waals surface area contributed by atoms with Crippen LogP contribution in [-0.2, 0) is 8.99 Å². The van der Waals surface area contributed by atoms with E-state index >= 15 is 0 Å². The molecule has 0 bridgehead atoms. The van der Waals surface area contributed by atoms with Crippen LogP contribution in [0.25, 0.3) is 54.9 Å². The Morgan fingerprint density at radius 3 is 1.24 bits per heavy atom. The van der Waals surface area contributed by atoms with E-state index in [0.29, 0.717) is 11.8 Å². The highest BCUT2D eigenvalue weighted by Crippen LogP contribution is 2.60. The molecule has 2 aliphatic carbocycles. The summed E-state index contributed by atoms with van der Waals surface area (Å²) in [7, 11) is 0.197. The highest BCUT2D eigenvalue weighted by molar-refractivity contribution is 6.70. The van der Waals surface area contributed by atoms with E-state index < -0.39 is 8.99 Å². The molecule has 0 saturated carbocycles. The zero-order chi connectivity index (χ0) is 35.7. The summed E-state index contributed by atoms with van der Waals surface area (Å²) in [6.07, 6.45) is 1.84. The molecule has 6 aromatic carbocycles. The summed E-state index contributed by atoms with van der Waals surface area (Å²) in [6.45, 7) is 13.8. The monoisotopic (exact) mass is 718 g/mol. The molecule has 0 fully saturated rings. The Hall–Kier alpha value is -3.88. The van der Waals surface area contributed by atoms with Gasteiger partial charge in [0, 0.05) is 0 Å². The van der Waals surface area contributed by atoms with Gasteiger partial charge in [0.25, 0.3) is 0 Å². The van der Waals surface area contributed by atoms with Crippen LogP contribution in [0.15, 0.2) is 132 Å². The van der Waals surface area contributed by atoms with Crippen LogP contribution in [0, 0.1) is 11.8 Å². The molecule has 0 aromatic heterocycles. The summed E-state index contributed by atoms with van der Waals surface area (Å²) in [5.74, 6) is 0.890. The van der Waals surface area contributed by atoms with Crippen LogP contribution in [0.5, 0.6) is 0 Å². The number of benzene rings is 6. The SMILES string of the molecule is CC1=C(CC(C)C)C(Cl)([Si]C2(Cl)C(CC(C)C)=C(C)c3c(-c4cccc5ccccc45)cccc32)c2cccc(-c3cccc4ccccc34)c21. The van der Waals surface area contributed by atoms with Gasteiger partial charge in [-0.3, -0.25) is 0 Å². The molecule has 8 rings (SSSR count). The molecule has 51 heavy (non-hydrogen) atoms. The molecule has 0 nitrogen and oxygen atoms in total. The summed E-state index contributed by atoms with van der Waals surface area (Å²) in [6, 6.07) is 44.3. The largest absolute Gasteiger partial charge is 0.118 e. The molecule has 0 saturated heterocycles. The number of rotatable bonds is 8. The standard InChI is InChI=1S/C48H44Cl2Si/c1-29(2)27-43-31(5)45-39(37-21-11-17-33-15-7-9-19-35(33)37)23-13-25-41(45)47(43,49)51-48(50)42-26-14-24-40(46(42)32(6)44(48)28-30(3)4)38-22-12-18-34-16-8-10-20-36(34)38/h7-26,29-30H,27-28H2,1-6H3. The molecular formula is C48H44Cl2Si. The zero-order valence-electron chi connectivity index (χ0n) is 30.4. The number of allylic oxidation sites excluding steroid dienone is 4. The lowest BCUT2D eigenvalue weighted by molar-refractivity contribution is 0.615. The van der Waals surface area contributed by atoms with Crippen molar-refractivity contribution < 1.29 is 0 Å². The molecule has 3 heteroatoms. The number of alkyl halides is 2. The second-order valence-electron chi connectivity index (χ2n) is 15.4. The minimum atomic E-state index is -0.744. The predicted octanol–water partition coefficient (Wildman–Crippen LogP) is 14.2. The molecular weight excluding hydrogens is 676 g/mol. The maximum atomic E-state index is 8.35. The van der Waals surface area contributed by atoms with E-state index in [9.17, 15) is 0 Å². The smallest absolute Gasteiger partial charge is 0.114 e. The minimum absolute atomic E-state index is 0.197. The van der Waals surface area contributed by atoms with Crippen LogP contribution in [0.3, 0.4) is 0 Å². The van der Waals surface area contributed by atoms with Crippen molar-refractivity contribution in [1.82, 2.24) is 0 Å². The molecule has 6 aromatic rings. The third-order valence-corrected chi connectivity index (χ3v) is 14.3. The van der Waals surface area contributed by atoms with E-state index in [1.807, 2.05) is 0 Å². The van der Waals surface area contributed by atoms with Crippen molar-refractivity contribution in [3.8, 4) is 22.3 Å². The topological polar surface area (TPSA) is 0 Å². The third-order valence-electron chi connectivity index (χ3n) is 11.1. The van der Waals surface area contributed by atoms with Gasteiger partial charge in [0.1, 0.15) is 9.52 Å². The Balaban J connectivity index is 1.35. The molecule has 0 amide bonds. The fourth-order valence-corrected chi connectivity index (χ4v) is 12.7. The molecule has 2 unspecified atom stereocenters. The van der Waals surface area contributed by atoms with Crippen molar-refractivity contribution in [3.63, 3.8) is 0 Å². The number of halogens is 2. The molecule has 2 radical (unpaired) electrons. The average Bonchev–Trinajstić information content (AvgIpc) is 3.46. The third kappa shape index (κ3) is 5.47. The van der Waals surface area contributed by atoms with E-state index in [-0.39, 0.29) is 9.52 Å². The summed E-state index contributed by atoms with van der Waals surface area (Å²) in [4.78, 5) is 0. The zero-order valence-corrected chi connectivity index (χ0v) is 32.9. The van der Waals surface area contributed by atoms with Crippen molar-refractivity contribution in [2.75, 3.05) is 0 Å². The Morgan fingerprint density at radius 2 is 0.824 bits per heavy atom. The van der Waals surface area contributed by atoms with Crippen LogP contribution >= 0.6 is 23.2 Å². The number of fused-ring (bicyclic) bond motifs is 4. The van der Waals surface area contributed by atoms with Gasteiger partial charge in [-0.05, 0) is 127 Å². The van der Waals surface area contributed by atoms with Crippen molar-refractivity contribution >= 4 is 65.4 Å². The molecule has 0 aliphatic heterocycles. The fourth-order valence-electron chi connectivity index (χ4n) is 8.93. The quantitative estimate of drug-likeness (QED) is 0.109. The van der Waals surface area contributed by atoms with Gasteiger partial charge in [-0.1, -0.05) is 149 Å². The minimum Gasteiger partial charge on any atom is -0.114 e. The summed E-state index contributed by atoms with van der Waals surface area (Å²) in [5, 5.41) is 5.02. The van der Waals surface area contributed by atoms with Gasteiger partial charge in [-0.15, -0.1) is 23.2 Å². The molecule has 0 spiro atoms. The van der Waals surface area contributed by atoms with Gasteiger partial charge < -0.3 is 0 Å². The Labute approximate surface area is 316 Å². The van der Waals surface area contributed by atoms with Crippen LogP contribution in [-0.4, -0.2) is 9.52 Å². The van der Waals surface area contributed by atoms with Gasteiger partial charge in [-0.25, -0.2) is 0 Å². The van der Waals surface area contributed by atoms with Crippen LogP contribution in [0.2, 0.25) is 0 Å². The Morgan fingerprint density at radius 1 is 0.471 bits per heavy atom. The van der Waals surface area contributed by atoms with Crippen molar-refractivity contribution in [2.45, 2.75) is 63.4 Å². The van der Waals surface area contributed by atoms with Crippen LogP contribution < -0.4 is 0 Å². The maximum Gasteiger partial charge on any atom is 0.118 e. The fraction of sp³-hybridized carbons (Fsp3) is 0.250. The lowest BCUT2D eigenvalue weighted by atomic mass is 9.91. The average molecular weight is 720 g/mol. The van der Waals surface area contributed by atoms with E-state index in [4.69, 9.17) is 23.2 Å². The second-order valence-corrected chi connectivity index (χ2v) is 18.9. The van der Waals surface area contributed by atoms with Gasteiger partial charge in [0.15, 0.2) is 0 Å². The summed E-state index contributed by atoms with van der Waals surface area (Å²) >= 11 is 16.7.